The van der Waals surface area contributed by atoms with E-state index in [2.05, 4.69) is 20.3 Å². The first-order chi connectivity index (χ1) is 8.70. The summed E-state index contributed by atoms with van der Waals surface area (Å²) in [6, 6.07) is 3.58. The average Bonchev–Trinajstić information content (AvgIpc) is 2.39. The van der Waals surface area contributed by atoms with Gasteiger partial charge in [0.05, 0.1) is 35.4 Å². The zero-order chi connectivity index (χ0) is 13.0. The van der Waals surface area contributed by atoms with Crippen LogP contribution in [0.25, 0.3) is 0 Å². The fourth-order valence-corrected chi connectivity index (χ4v) is 1.40. The number of hydrogen-bond acceptors (Lipinski definition) is 6. The van der Waals surface area contributed by atoms with E-state index in [1.165, 1.54) is 6.20 Å². The van der Waals surface area contributed by atoms with Crippen LogP contribution in [0.15, 0.2) is 24.7 Å². The van der Waals surface area contributed by atoms with Gasteiger partial charge in [0.15, 0.2) is 5.82 Å². The lowest BCUT2D eigenvalue weighted by atomic mass is 10.2. The van der Waals surface area contributed by atoms with Crippen molar-refractivity contribution in [3.63, 3.8) is 0 Å². The summed E-state index contributed by atoms with van der Waals surface area (Å²) in [5.74, 6) is 0.483. The normalized spacial score (nSPS) is 9.78. The van der Waals surface area contributed by atoms with E-state index in [0.29, 0.717) is 23.6 Å². The van der Waals surface area contributed by atoms with Crippen molar-refractivity contribution in [2.75, 3.05) is 11.1 Å². The quantitative estimate of drug-likeness (QED) is 0.837. The summed E-state index contributed by atoms with van der Waals surface area (Å²) >= 11 is 0. The maximum Gasteiger partial charge on any atom is 0.150 e. The lowest BCUT2D eigenvalue weighted by Gasteiger charge is -2.08. The Hall–Kier alpha value is -2.68. The molecule has 0 spiro atoms. The van der Waals surface area contributed by atoms with Gasteiger partial charge >= 0.3 is 0 Å². The number of nitrogens with one attached hydrogen (secondary N) is 1. The monoisotopic (exact) mass is 240 g/mol. The van der Waals surface area contributed by atoms with Crippen molar-refractivity contribution < 1.29 is 0 Å². The van der Waals surface area contributed by atoms with Crippen molar-refractivity contribution in [3.8, 4) is 6.07 Å². The molecule has 2 aromatic heterocycles. The zero-order valence-corrected chi connectivity index (χ0v) is 9.88. The molecular weight excluding hydrogens is 228 g/mol. The Morgan fingerprint density at radius 3 is 2.83 bits per heavy atom. The molecule has 0 atom stereocenters. The van der Waals surface area contributed by atoms with Crippen molar-refractivity contribution in [2.45, 2.75) is 13.5 Å². The van der Waals surface area contributed by atoms with Crippen LogP contribution >= 0.6 is 0 Å². The van der Waals surface area contributed by atoms with Gasteiger partial charge in [-0.2, -0.15) is 5.26 Å². The van der Waals surface area contributed by atoms with E-state index >= 15 is 0 Å². The molecule has 0 radical (unpaired) electrons. The molecule has 0 aromatic carbocycles. The molecular formula is C12H12N6. The molecule has 0 aliphatic rings. The number of aromatic nitrogens is 3. The first-order valence-corrected chi connectivity index (χ1v) is 5.36. The van der Waals surface area contributed by atoms with Gasteiger partial charge in [-0.15, -0.1) is 0 Å². The minimum atomic E-state index is 0.347. The van der Waals surface area contributed by atoms with Gasteiger partial charge in [0.25, 0.3) is 0 Å². The highest BCUT2D eigenvalue weighted by Gasteiger charge is 2.05. The summed E-state index contributed by atoms with van der Waals surface area (Å²) < 4.78 is 0. The molecule has 0 saturated carbocycles. The van der Waals surface area contributed by atoms with E-state index in [1.54, 1.807) is 18.5 Å². The van der Waals surface area contributed by atoms with E-state index in [9.17, 15) is 0 Å². The first kappa shape index (κ1) is 11.8. The van der Waals surface area contributed by atoms with E-state index in [-0.39, 0.29) is 0 Å². The lowest BCUT2D eigenvalue weighted by Crippen LogP contribution is -2.07. The van der Waals surface area contributed by atoms with E-state index in [4.69, 9.17) is 11.0 Å². The predicted molar refractivity (Wildman–Crippen MR) is 67.5 cm³/mol. The Kier molecular flexibility index (Phi) is 3.34. The SMILES string of the molecule is Cc1cnc(CNc2nccc(C#N)c2N)cn1. The van der Waals surface area contributed by atoms with E-state index in [1.807, 2.05) is 13.0 Å². The second-order valence-corrected chi connectivity index (χ2v) is 3.74. The molecule has 3 N–H and O–H groups in total. The van der Waals surface area contributed by atoms with Crippen molar-refractivity contribution in [1.29, 1.82) is 5.26 Å². The third kappa shape index (κ3) is 2.52. The smallest absolute Gasteiger partial charge is 0.150 e. The number of pyridine rings is 1. The molecule has 0 unspecified atom stereocenters. The highest BCUT2D eigenvalue weighted by atomic mass is 15.0. The summed E-state index contributed by atoms with van der Waals surface area (Å²) in [4.78, 5) is 12.4. The molecule has 2 rings (SSSR count). The predicted octanol–water partition coefficient (Wildman–Crippen LogP) is 1.25. The molecule has 6 nitrogen and oxygen atoms in total. The fourth-order valence-electron chi connectivity index (χ4n) is 1.40. The van der Waals surface area contributed by atoms with Gasteiger partial charge in [0, 0.05) is 12.4 Å². The van der Waals surface area contributed by atoms with Gasteiger partial charge in [0.1, 0.15) is 6.07 Å². The summed E-state index contributed by atoms with van der Waals surface area (Å²) in [5.41, 5.74) is 8.20. The highest BCUT2D eigenvalue weighted by Crippen LogP contribution is 2.19. The van der Waals surface area contributed by atoms with Crippen molar-refractivity contribution in [1.82, 2.24) is 15.0 Å². The molecule has 0 amide bonds. The molecule has 0 aliphatic carbocycles. The Balaban J connectivity index is 2.11. The lowest BCUT2D eigenvalue weighted by molar-refractivity contribution is 0.977. The number of nitrogens with zero attached hydrogens (tertiary/aromatic N) is 4. The minimum absolute atomic E-state index is 0.347. The summed E-state index contributed by atoms with van der Waals surface area (Å²) in [5, 5.41) is 11.9. The van der Waals surface area contributed by atoms with Crippen LogP contribution in [0, 0.1) is 18.3 Å². The third-order valence-electron chi connectivity index (χ3n) is 2.38. The van der Waals surface area contributed by atoms with Crippen LogP contribution in [-0.2, 0) is 6.54 Å². The summed E-state index contributed by atoms with van der Waals surface area (Å²) in [6.07, 6.45) is 4.92. The molecule has 6 heteroatoms. The molecule has 2 heterocycles. The Labute approximate surface area is 105 Å². The second kappa shape index (κ2) is 5.10. The van der Waals surface area contributed by atoms with Crippen LogP contribution in [0.1, 0.15) is 17.0 Å². The highest BCUT2D eigenvalue weighted by molar-refractivity contribution is 5.68. The van der Waals surface area contributed by atoms with Crippen LogP contribution in [0.3, 0.4) is 0 Å². The summed E-state index contributed by atoms with van der Waals surface area (Å²) in [6.45, 7) is 2.33. The van der Waals surface area contributed by atoms with Crippen LogP contribution in [0.4, 0.5) is 11.5 Å². The molecule has 90 valence electrons. The number of anilines is 2. The average molecular weight is 240 g/mol. The number of nitrogen functional groups attached to an aromatic ring is 1. The topological polar surface area (TPSA) is 101 Å². The molecule has 0 aliphatic heterocycles. The molecule has 2 aromatic rings. The molecule has 0 fully saturated rings. The van der Waals surface area contributed by atoms with E-state index in [0.717, 1.165) is 11.4 Å². The number of aryl methyl sites for hydroxylation is 1. The van der Waals surface area contributed by atoms with Gasteiger partial charge in [-0.3, -0.25) is 9.97 Å². The van der Waals surface area contributed by atoms with Crippen LogP contribution in [0.2, 0.25) is 0 Å². The molecule has 18 heavy (non-hydrogen) atoms. The Morgan fingerprint density at radius 2 is 2.17 bits per heavy atom. The van der Waals surface area contributed by atoms with Crippen LogP contribution < -0.4 is 11.1 Å². The number of nitrogens with two attached hydrogens (primary N) is 1. The van der Waals surface area contributed by atoms with Gasteiger partial charge < -0.3 is 11.1 Å². The fraction of sp³-hybridized carbons (Fsp3) is 0.167. The maximum absolute atomic E-state index is 8.85. The van der Waals surface area contributed by atoms with Gasteiger partial charge in [0.2, 0.25) is 0 Å². The van der Waals surface area contributed by atoms with Crippen molar-refractivity contribution >= 4 is 11.5 Å². The molecule has 0 bridgehead atoms. The number of nitriles is 1. The summed E-state index contributed by atoms with van der Waals surface area (Å²) in [7, 11) is 0. The number of rotatable bonds is 3. The Bertz CT molecular complexity index is 585. The van der Waals surface area contributed by atoms with Gasteiger partial charge in [-0.05, 0) is 13.0 Å². The Morgan fingerprint density at radius 1 is 1.33 bits per heavy atom. The maximum atomic E-state index is 8.85. The van der Waals surface area contributed by atoms with Crippen molar-refractivity contribution in [3.05, 3.63) is 41.6 Å². The third-order valence-corrected chi connectivity index (χ3v) is 2.38. The minimum Gasteiger partial charge on any atom is -0.395 e. The standard InChI is InChI=1S/C12H12N6/c1-8-5-17-10(6-16-8)7-18-12-11(14)9(4-13)2-3-15-12/h2-3,5-6H,7,14H2,1H3,(H,15,18). The molecule has 0 saturated heterocycles. The van der Waals surface area contributed by atoms with Crippen LogP contribution in [0.5, 0.6) is 0 Å². The van der Waals surface area contributed by atoms with Gasteiger partial charge in [-0.25, -0.2) is 4.98 Å². The second-order valence-electron chi connectivity index (χ2n) is 3.74. The largest absolute Gasteiger partial charge is 0.395 e. The van der Waals surface area contributed by atoms with Crippen LogP contribution in [-0.4, -0.2) is 15.0 Å². The number of hydrogen-bond donors (Lipinski definition) is 2. The zero-order valence-electron chi connectivity index (χ0n) is 9.88. The van der Waals surface area contributed by atoms with Crippen molar-refractivity contribution in [2.24, 2.45) is 0 Å². The first-order valence-electron chi connectivity index (χ1n) is 5.36. The van der Waals surface area contributed by atoms with Gasteiger partial charge in [-0.1, -0.05) is 0 Å². The van der Waals surface area contributed by atoms with E-state index < -0.39 is 0 Å².